The highest BCUT2D eigenvalue weighted by atomic mass is 32.2. The number of sulfonamides is 1. The molecule has 122 valence electrons. The average Bonchev–Trinajstić information content (AvgIpc) is 2.49. The summed E-state index contributed by atoms with van der Waals surface area (Å²) < 4.78 is 53.3. The summed E-state index contributed by atoms with van der Waals surface area (Å²) in [5, 5.41) is 10.7. The topological polar surface area (TPSA) is 86.3 Å². The summed E-state index contributed by atoms with van der Waals surface area (Å²) in [6.07, 6.45) is 0.0632. The Hall–Kier alpha value is -2.32. The molecule has 0 aliphatic heterocycles. The quantitative estimate of drug-likeness (QED) is 0.845. The molecule has 0 aliphatic carbocycles. The minimum Gasteiger partial charge on any atom is -0.545 e. The van der Waals surface area contributed by atoms with E-state index in [1.807, 2.05) is 0 Å². The monoisotopic (exact) mass is 340 g/mol. The SMILES string of the molecule is O=C([O-])c1ccc(F)c(S(=O)(=O)NCCc2ccccc2F)c1. The molecule has 0 fully saturated rings. The van der Waals surface area contributed by atoms with Gasteiger partial charge in [-0.15, -0.1) is 0 Å². The number of halogens is 2. The van der Waals surface area contributed by atoms with Gasteiger partial charge in [-0.25, -0.2) is 21.9 Å². The lowest BCUT2D eigenvalue weighted by molar-refractivity contribution is -0.255. The normalized spacial score (nSPS) is 11.4. The zero-order valence-corrected chi connectivity index (χ0v) is 12.6. The zero-order chi connectivity index (χ0) is 17.0. The third kappa shape index (κ3) is 4.11. The third-order valence-electron chi connectivity index (χ3n) is 3.10. The second-order valence-corrected chi connectivity index (χ2v) is 6.41. The molecule has 2 rings (SSSR count). The van der Waals surface area contributed by atoms with E-state index < -0.39 is 38.1 Å². The van der Waals surface area contributed by atoms with Crippen molar-refractivity contribution in [1.29, 1.82) is 0 Å². The van der Waals surface area contributed by atoms with Crippen molar-refractivity contribution in [3.05, 3.63) is 65.2 Å². The van der Waals surface area contributed by atoms with E-state index in [0.717, 1.165) is 12.1 Å². The minimum atomic E-state index is -4.27. The van der Waals surface area contributed by atoms with Gasteiger partial charge in [-0.1, -0.05) is 24.3 Å². The number of carboxylic acid groups (broad SMARTS) is 1. The van der Waals surface area contributed by atoms with Gasteiger partial charge in [0.15, 0.2) is 0 Å². The molecule has 5 nitrogen and oxygen atoms in total. The van der Waals surface area contributed by atoms with E-state index >= 15 is 0 Å². The molecule has 0 saturated heterocycles. The number of carbonyl (C=O) groups excluding carboxylic acids is 1. The van der Waals surface area contributed by atoms with Gasteiger partial charge in [-0.2, -0.15) is 0 Å². The molecule has 1 N–H and O–H groups in total. The Labute approximate surface area is 131 Å². The number of benzene rings is 2. The van der Waals surface area contributed by atoms with Crippen molar-refractivity contribution in [2.45, 2.75) is 11.3 Å². The Bertz CT molecular complexity index is 837. The fraction of sp³-hybridized carbons (Fsp3) is 0.133. The largest absolute Gasteiger partial charge is 0.545 e. The fourth-order valence-electron chi connectivity index (χ4n) is 1.94. The van der Waals surface area contributed by atoms with Gasteiger partial charge in [0.1, 0.15) is 16.5 Å². The van der Waals surface area contributed by atoms with Crippen LogP contribution in [0, 0.1) is 11.6 Å². The Morgan fingerprint density at radius 1 is 1.09 bits per heavy atom. The van der Waals surface area contributed by atoms with Crippen LogP contribution >= 0.6 is 0 Å². The fourth-order valence-corrected chi connectivity index (χ4v) is 3.07. The molecule has 0 amide bonds. The van der Waals surface area contributed by atoms with Gasteiger partial charge in [-0.3, -0.25) is 0 Å². The first kappa shape index (κ1) is 17.0. The zero-order valence-electron chi connectivity index (χ0n) is 11.8. The number of carbonyl (C=O) groups is 1. The maximum absolute atomic E-state index is 13.7. The number of aromatic carboxylic acids is 1. The van der Waals surface area contributed by atoms with Crippen molar-refractivity contribution in [2.75, 3.05) is 6.54 Å². The Morgan fingerprint density at radius 2 is 1.78 bits per heavy atom. The molecule has 2 aromatic carbocycles. The molecule has 0 aromatic heterocycles. The predicted molar refractivity (Wildman–Crippen MR) is 76.0 cm³/mol. The lowest BCUT2D eigenvalue weighted by atomic mass is 10.1. The first-order valence-electron chi connectivity index (χ1n) is 6.55. The van der Waals surface area contributed by atoms with Gasteiger partial charge in [-0.05, 0) is 35.7 Å². The van der Waals surface area contributed by atoms with Gasteiger partial charge in [0, 0.05) is 6.54 Å². The lowest BCUT2D eigenvalue weighted by Gasteiger charge is -2.10. The Kier molecular flexibility index (Phi) is 5.07. The van der Waals surface area contributed by atoms with E-state index in [1.165, 1.54) is 18.2 Å². The van der Waals surface area contributed by atoms with Crippen molar-refractivity contribution >= 4 is 16.0 Å². The van der Waals surface area contributed by atoms with E-state index in [1.54, 1.807) is 6.07 Å². The maximum Gasteiger partial charge on any atom is 0.243 e. The molecule has 2 aromatic rings. The van der Waals surface area contributed by atoms with Crippen LogP contribution in [-0.2, 0) is 16.4 Å². The highest BCUT2D eigenvalue weighted by Crippen LogP contribution is 2.16. The second-order valence-electron chi connectivity index (χ2n) is 4.67. The van der Waals surface area contributed by atoms with Crippen LogP contribution in [0.5, 0.6) is 0 Å². The van der Waals surface area contributed by atoms with Gasteiger partial charge < -0.3 is 9.90 Å². The number of carboxylic acids is 1. The van der Waals surface area contributed by atoms with Crippen LogP contribution in [0.15, 0.2) is 47.4 Å². The van der Waals surface area contributed by atoms with Crippen LogP contribution in [0.1, 0.15) is 15.9 Å². The summed E-state index contributed by atoms with van der Waals surface area (Å²) in [5.41, 5.74) is -0.153. The predicted octanol–water partition coefficient (Wildman–Crippen LogP) is 0.849. The van der Waals surface area contributed by atoms with Crippen molar-refractivity contribution < 1.29 is 27.1 Å². The van der Waals surface area contributed by atoms with E-state index in [9.17, 15) is 27.1 Å². The molecular formula is C15H12F2NO4S-. The van der Waals surface area contributed by atoms with Crippen molar-refractivity contribution in [3.8, 4) is 0 Å². The third-order valence-corrected chi connectivity index (χ3v) is 4.58. The smallest absolute Gasteiger partial charge is 0.243 e. The molecule has 0 saturated carbocycles. The van der Waals surface area contributed by atoms with Crippen molar-refractivity contribution in [3.63, 3.8) is 0 Å². The number of rotatable bonds is 6. The van der Waals surface area contributed by atoms with Crippen LogP contribution in [0.2, 0.25) is 0 Å². The van der Waals surface area contributed by atoms with E-state index in [2.05, 4.69) is 4.72 Å². The molecule has 23 heavy (non-hydrogen) atoms. The molecule has 0 bridgehead atoms. The maximum atomic E-state index is 13.7. The standard InChI is InChI=1S/C15H13F2NO4S/c16-12-4-2-1-3-10(12)7-8-18-23(21,22)14-9-11(15(19)20)5-6-13(14)17/h1-6,9,18H,7-8H2,(H,19,20)/p-1. The number of hydrogen-bond donors (Lipinski definition) is 1. The summed E-state index contributed by atoms with van der Waals surface area (Å²) in [6, 6.07) is 8.17. The van der Waals surface area contributed by atoms with Crippen LogP contribution < -0.4 is 9.83 Å². The van der Waals surface area contributed by atoms with Crippen LogP contribution in [0.25, 0.3) is 0 Å². The first-order chi connectivity index (χ1) is 10.8. The van der Waals surface area contributed by atoms with Crippen LogP contribution in [0.3, 0.4) is 0 Å². The summed E-state index contributed by atoms with van der Waals surface area (Å²) in [6.45, 7) is -0.168. The number of hydrogen-bond acceptors (Lipinski definition) is 4. The van der Waals surface area contributed by atoms with E-state index in [0.29, 0.717) is 11.6 Å². The van der Waals surface area contributed by atoms with Crippen LogP contribution in [0.4, 0.5) is 8.78 Å². The molecule has 0 atom stereocenters. The highest BCUT2D eigenvalue weighted by molar-refractivity contribution is 7.89. The summed E-state index contributed by atoms with van der Waals surface area (Å²) in [4.78, 5) is 9.94. The average molecular weight is 340 g/mol. The first-order valence-corrected chi connectivity index (χ1v) is 8.03. The van der Waals surface area contributed by atoms with Crippen molar-refractivity contribution in [2.24, 2.45) is 0 Å². The minimum absolute atomic E-state index is 0.0632. The van der Waals surface area contributed by atoms with Crippen molar-refractivity contribution in [1.82, 2.24) is 4.72 Å². The molecule has 0 radical (unpaired) electrons. The van der Waals surface area contributed by atoms with E-state index in [-0.39, 0.29) is 13.0 Å². The Morgan fingerprint density at radius 3 is 2.43 bits per heavy atom. The Balaban J connectivity index is 2.15. The molecular weight excluding hydrogens is 328 g/mol. The lowest BCUT2D eigenvalue weighted by Crippen LogP contribution is -2.28. The van der Waals surface area contributed by atoms with E-state index in [4.69, 9.17) is 0 Å². The number of nitrogens with one attached hydrogen (secondary N) is 1. The summed E-state index contributed by atoms with van der Waals surface area (Å²) in [7, 11) is -4.27. The van der Waals surface area contributed by atoms with Gasteiger partial charge in [0.2, 0.25) is 10.0 Å². The van der Waals surface area contributed by atoms with Crippen LogP contribution in [-0.4, -0.2) is 20.9 Å². The molecule has 0 aliphatic rings. The van der Waals surface area contributed by atoms with Gasteiger partial charge in [0.25, 0.3) is 0 Å². The van der Waals surface area contributed by atoms with Gasteiger partial charge in [0.05, 0.1) is 5.97 Å². The second kappa shape index (κ2) is 6.84. The molecule has 0 heterocycles. The molecule has 0 unspecified atom stereocenters. The molecule has 8 heteroatoms. The highest BCUT2D eigenvalue weighted by Gasteiger charge is 2.19. The molecule has 0 spiro atoms. The van der Waals surface area contributed by atoms with Gasteiger partial charge >= 0.3 is 0 Å². The summed E-state index contributed by atoms with van der Waals surface area (Å²) in [5.74, 6) is -3.18. The summed E-state index contributed by atoms with van der Waals surface area (Å²) >= 11 is 0.